The SMILES string of the molecule is CCO[P+](Cc1c(C)cc(C)cc1C)(O[P+](Cc1c(C)cc(C)cc1C)(OCC)c1ccccc1)c1ccccc1. The van der Waals surface area contributed by atoms with Crippen LogP contribution >= 0.6 is 15.4 Å². The lowest BCUT2D eigenvalue weighted by molar-refractivity contribution is 0.286. The monoisotopic (exact) mass is 588 g/mol. The lowest BCUT2D eigenvalue weighted by Crippen LogP contribution is -2.26. The molecule has 4 aromatic carbocycles. The standard InChI is InChI=1S/C36H46O3P2/c1-9-37-40(33-17-13-11-14-18-33,25-35-29(5)21-27(3)22-30(35)6)39-41(38-10-2,34-19-15-12-16-20-34)26-36-31(7)23-28(4)24-32(36)8/h11-24H,9-10,25-26H2,1-8H3/q+2. The molecular formula is C36H46O3P2+2. The van der Waals surface area contributed by atoms with Crippen molar-refractivity contribution in [2.75, 3.05) is 13.2 Å². The third kappa shape index (κ3) is 7.16. The minimum atomic E-state index is -2.71. The number of benzene rings is 4. The molecule has 216 valence electrons. The van der Waals surface area contributed by atoms with Crippen LogP contribution in [0.3, 0.4) is 0 Å². The zero-order chi connectivity index (χ0) is 29.6. The van der Waals surface area contributed by atoms with Gasteiger partial charge in [0.15, 0.2) is 10.6 Å². The van der Waals surface area contributed by atoms with Crippen LogP contribution in [0.4, 0.5) is 0 Å². The van der Waals surface area contributed by atoms with E-state index < -0.39 is 15.4 Å². The molecule has 5 heteroatoms. The van der Waals surface area contributed by atoms with Crippen LogP contribution in [0.2, 0.25) is 0 Å². The van der Waals surface area contributed by atoms with Gasteiger partial charge in [-0.15, -0.1) is 0 Å². The van der Waals surface area contributed by atoms with Crippen molar-refractivity contribution in [2.45, 2.75) is 67.7 Å². The predicted octanol–water partition coefficient (Wildman–Crippen LogP) is 9.67. The van der Waals surface area contributed by atoms with Gasteiger partial charge in [0.05, 0.1) is 13.2 Å². The summed E-state index contributed by atoms with van der Waals surface area (Å²) in [6, 6.07) is 30.3. The van der Waals surface area contributed by atoms with E-state index >= 15 is 0 Å². The van der Waals surface area contributed by atoms with E-state index in [1.807, 2.05) is 0 Å². The van der Waals surface area contributed by atoms with Gasteiger partial charge < -0.3 is 0 Å². The fraction of sp³-hybridized carbons (Fsp3) is 0.333. The summed E-state index contributed by atoms with van der Waals surface area (Å²) in [7, 11) is -5.42. The minimum Gasteiger partial charge on any atom is -0.197 e. The van der Waals surface area contributed by atoms with Crippen molar-refractivity contribution in [3.63, 3.8) is 0 Å². The summed E-state index contributed by atoms with van der Waals surface area (Å²) in [5.41, 5.74) is 10.2. The fourth-order valence-electron chi connectivity index (χ4n) is 5.90. The first-order valence-electron chi connectivity index (χ1n) is 14.6. The second kappa shape index (κ2) is 13.7. The molecule has 4 aromatic rings. The van der Waals surface area contributed by atoms with Crippen LogP contribution in [0.1, 0.15) is 58.4 Å². The maximum atomic E-state index is 7.74. The normalized spacial score (nSPS) is 14.4. The van der Waals surface area contributed by atoms with Crippen molar-refractivity contribution < 1.29 is 13.4 Å². The summed E-state index contributed by atoms with van der Waals surface area (Å²) in [5.74, 6) is 0. The predicted molar refractivity (Wildman–Crippen MR) is 179 cm³/mol. The van der Waals surface area contributed by atoms with Gasteiger partial charge in [-0.05, 0) is 106 Å². The molecule has 0 fully saturated rings. The smallest absolute Gasteiger partial charge is 0.197 e. The van der Waals surface area contributed by atoms with Crippen LogP contribution in [-0.2, 0) is 25.7 Å². The molecule has 0 spiro atoms. The highest BCUT2D eigenvalue weighted by atomic mass is 31.3. The van der Waals surface area contributed by atoms with Crippen molar-refractivity contribution >= 4 is 26.0 Å². The van der Waals surface area contributed by atoms with Crippen LogP contribution in [0.25, 0.3) is 0 Å². The number of hydrogen-bond acceptors (Lipinski definition) is 3. The molecule has 0 bridgehead atoms. The molecule has 0 radical (unpaired) electrons. The number of aryl methyl sites for hydroxylation is 6. The van der Waals surface area contributed by atoms with Crippen molar-refractivity contribution in [3.8, 4) is 0 Å². The first kappa shape index (κ1) is 31.6. The Morgan fingerprint density at radius 2 is 0.805 bits per heavy atom. The summed E-state index contributed by atoms with van der Waals surface area (Å²) in [4.78, 5) is 0. The molecule has 41 heavy (non-hydrogen) atoms. The largest absolute Gasteiger partial charge is 0.364 e. The molecule has 2 unspecified atom stereocenters. The Morgan fingerprint density at radius 3 is 1.10 bits per heavy atom. The maximum absolute atomic E-state index is 7.74. The van der Waals surface area contributed by atoms with Crippen LogP contribution in [0.5, 0.6) is 0 Å². The van der Waals surface area contributed by atoms with Gasteiger partial charge in [0.2, 0.25) is 0 Å². The first-order valence-corrected chi connectivity index (χ1v) is 18.3. The molecule has 4 rings (SSSR count). The van der Waals surface area contributed by atoms with Gasteiger partial charge in [-0.3, -0.25) is 0 Å². The topological polar surface area (TPSA) is 27.7 Å². The number of rotatable bonds is 12. The molecule has 3 nitrogen and oxygen atoms in total. The van der Waals surface area contributed by atoms with E-state index in [1.54, 1.807) is 0 Å². The van der Waals surface area contributed by atoms with E-state index in [4.69, 9.17) is 13.4 Å². The van der Waals surface area contributed by atoms with Crippen molar-refractivity contribution in [1.82, 2.24) is 0 Å². The number of hydrogen-bond donors (Lipinski definition) is 0. The van der Waals surface area contributed by atoms with E-state index in [9.17, 15) is 0 Å². The van der Waals surface area contributed by atoms with Gasteiger partial charge in [-0.25, -0.2) is 0 Å². The molecule has 2 atom stereocenters. The van der Waals surface area contributed by atoms with Crippen LogP contribution in [0, 0.1) is 41.5 Å². The lowest BCUT2D eigenvalue weighted by atomic mass is 10.0. The van der Waals surface area contributed by atoms with Crippen molar-refractivity contribution in [1.29, 1.82) is 0 Å². The highest BCUT2D eigenvalue weighted by Crippen LogP contribution is 2.78. The molecule has 0 heterocycles. The zero-order valence-corrected chi connectivity index (χ0v) is 27.8. The highest BCUT2D eigenvalue weighted by molar-refractivity contribution is 7.85. The average molecular weight is 589 g/mol. The second-order valence-electron chi connectivity index (χ2n) is 11.0. The molecule has 0 amide bonds. The molecule has 0 saturated heterocycles. The van der Waals surface area contributed by atoms with E-state index in [0.717, 1.165) is 10.6 Å². The summed E-state index contributed by atoms with van der Waals surface area (Å²) in [5, 5.41) is 2.22. The van der Waals surface area contributed by atoms with Crippen molar-refractivity contribution in [3.05, 3.63) is 129 Å². The molecule has 0 N–H and O–H groups in total. The Balaban J connectivity index is 1.98. The molecule has 0 saturated carbocycles. The zero-order valence-electron chi connectivity index (χ0n) is 26.0. The molecule has 0 aromatic heterocycles. The van der Waals surface area contributed by atoms with Gasteiger partial charge in [0.25, 0.3) is 0 Å². The van der Waals surface area contributed by atoms with Crippen LogP contribution < -0.4 is 10.6 Å². The molecular weight excluding hydrogens is 542 g/mol. The van der Waals surface area contributed by atoms with Gasteiger partial charge >= 0.3 is 15.4 Å². The third-order valence-corrected chi connectivity index (χ3v) is 14.7. The van der Waals surface area contributed by atoms with Crippen LogP contribution in [0.15, 0.2) is 84.9 Å². The van der Waals surface area contributed by atoms with Crippen molar-refractivity contribution in [2.24, 2.45) is 0 Å². The Morgan fingerprint density at radius 1 is 0.488 bits per heavy atom. The first-order chi connectivity index (χ1) is 19.6. The lowest BCUT2D eigenvalue weighted by Gasteiger charge is -2.30. The van der Waals surface area contributed by atoms with Gasteiger partial charge in [-0.2, -0.15) is 9.05 Å². The van der Waals surface area contributed by atoms with E-state index in [1.165, 1.54) is 44.5 Å². The summed E-state index contributed by atoms with van der Waals surface area (Å²) < 4.78 is 21.6. The molecule has 0 aliphatic rings. The Labute approximate surface area is 249 Å². The second-order valence-corrected chi connectivity index (χ2v) is 16.5. The Hall–Kier alpha value is -2.38. The summed E-state index contributed by atoms with van der Waals surface area (Å²) in [6.07, 6.45) is 1.38. The third-order valence-electron chi connectivity index (χ3n) is 7.65. The van der Waals surface area contributed by atoms with E-state index in [0.29, 0.717) is 25.5 Å². The van der Waals surface area contributed by atoms with Gasteiger partial charge in [0, 0.05) is 11.1 Å². The fourth-order valence-corrected chi connectivity index (χ4v) is 14.0. The quantitative estimate of drug-likeness (QED) is 0.154. The average Bonchev–Trinajstić information content (AvgIpc) is 2.94. The highest BCUT2D eigenvalue weighted by Gasteiger charge is 2.62. The van der Waals surface area contributed by atoms with E-state index in [2.05, 4.69) is 140 Å². The Bertz CT molecular complexity index is 1300. The minimum absolute atomic E-state index is 0.552. The van der Waals surface area contributed by atoms with Gasteiger partial charge in [0.1, 0.15) is 12.3 Å². The summed E-state index contributed by atoms with van der Waals surface area (Å²) in [6.45, 7) is 18.4. The molecule has 0 aliphatic heterocycles. The summed E-state index contributed by atoms with van der Waals surface area (Å²) >= 11 is 0. The van der Waals surface area contributed by atoms with E-state index in [-0.39, 0.29) is 0 Å². The van der Waals surface area contributed by atoms with Crippen LogP contribution in [-0.4, -0.2) is 13.2 Å². The maximum Gasteiger partial charge on any atom is 0.364 e. The Kier molecular flexibility index (Phi) is 10.6. The van der Waals surface area contributed by atoms with Gasteiger partial charge in [-0.1, -0.05) is 71.8 Å². The molecule has 0 aliphatic carbocycles.